The van der Waals surface area contributed by atoms with Crippen molar-refractivity contribution in [2.75, 3.05) is 18.8 Å². The first kappa shape index (κ1) is 11.6. The van der Waals surface area contributed by atoms with Gasteiger partial charge in [-0.2, -0.15) is 0 Å². The Bertz CT molecular complexity index is 544. The van der Waals surface area contributed by atoms with Crippen molar-refractivity contribution in [2.45, 2.75) is 12.3 Å². The van der Waals surface area contributed by atoms with E-state index in [4.69, 9.17) is 5.73 Å². The van der Waals surface area contributed by atoms with E-state index < -0.39 is 0 Å². The van der Waals surface area contributed by atoms with Crippen molar-refractivity contribution < 1.29 is 4.39 Å². The number of halogens is 1. The van der Waals surface area contributed by atoms with Crippen LogP contribution in [0, 0.1) is 5.82 Å². The average Bonchev–Trinajstić information content (AvgIpc) is 2.98. The summed E-state index contributed by atoms with van der Waals surface area (Å²) >= 11 is 1.54. The lowest BCUT2D eigenvalue weighted by atomic mass is 10.0. The summed E-state index contributed by atoms with van der Waals surface area (Å²) in [6.07, 6.45) is 1.11. The number of nitrogen functional groups attached to an aromatic ring is 1. The molecule has 0 spiro atoms. The molecule has 94 valence electrons. The van der Waals surface area contributed by atoms with Crippen molar-refractivity contribution in [1.82, 2.24) is 10.3 Å². The van der Waals surface area contributed by atoms with E-state index in [-0.39, 0.29) is 5.82 Å². The molecule has 1 aromatic heterocycles. The van der Waals surface area contributed by atoms with Crippen LogP contribution in [-0.4, -0.2) is 18.1 Å². The highest BCUT2D eigenvalue weighted by molar-refractivity contribution is 7.15. The fraction of sp³-hybridized carbons (Fsp3) is 0.308. The van der Waals surface area contributed by atoms with Crippen LogP contribution in [0.3, 0.4) is 0 Å². The summed E-state index contributed by atoms with van der Waals surface area (Å²) in [5.41, 5.74) is 7.67. The third kappa shape index (κ3) is 2.11. The molecule has 5 heteroatoms. The molecule has 1 aliphatic rings. The summed E-state index contributed by atoms with van der Waals surface area (Å²) in [7, 11) is 0. The van der Waals surface area contributed by atoms with E-state index in [0.29, 0.717) is 11.0 Å². The van der Waals surface area contributed by atoms with Gasteiger partial charge in [-0.3, -0.25) is 0 Å². The summed E-state index contributed by atoms with van der Waals surface area (Å²) < 4.78 is 13.0. The number of hydrogen-bond acceptors (Lipinski definition) is 4. The van der Waals surface area contributed by atoms with E-state index >= 15 is 0 Å². The molecule has 2 heterocycles. The molecule has 1 atom stereocenters. The van der Waals surface area contributed by atoms with E-state index in [1.807, 2.05) is 0 Å². The molecule has 1 saturated heterocycles. The number of nitrogens with zero attached hydrogens (tertiary/aromatic N) is 1. The van der Waals surface area contributed by atoms with Crippen LogP contribution in [0.2, 0.25) is 0 Å². The third-order valence-corrected chi connectivity index (χ3v) is 4.27. The minimum atomic E-state index is -0.231. The lowest BCUT2D eigenvalue weighted by Crippen LogP contribution is -2.07. The predicted molar refractivity (Wildman–Crippen MR) is 72.1 cm³/mol. The normalized spacial score (nSPS) is 19.3. The average molecular weight is 263 g/mol. The molecule has 3 nitrogen and oxygen atoms in total. The molecule has 3 rings (SSSR count). The Hall–Kier alpha value is -1.46. The van der Waals surface area contributed by atoms with Gasteiger partial charge in [-0.05, 0) is 37.2 Å². The number of anilines is 1. The van der Waals surface area contributed by atoms with Gasteiger partial charge in [-0.1, -0.05) is 0 Å². The summed E-state index contributed by atoms with van der Waals surface area (Å²) in [5, 5.41) is 3.93. The van der Waals surface area contributed by atoms with E-state index in [1.54, 1.807) is 23.5 Å². The Kier molecular flexibility index (Phi) is 3.01. The van der Waals surface area contributed by atoms with Crippen LogP contribution in [-0.2, 0) is 0 Å². The Balaban J connectivity index is 2.02. The lowest BCUT2D eigenvalue weighted by Gasteiger charge is -2.08. The smallest absolute Gasteiger partial charge is 0.180 e. The fourth-order valence-corrected chi connectivity index (χ4v) is 3.31. The fourth-order valence-electron chi connectivity index (χ4n) is 2.32. The van der Waals surface area contributed by atoms with Gasteiger partial charge in [-0.25, -0.2) is 9.37 Å². The SMILES string of the molecule is Nc1nc(-c2ccc(F)cc2)c([C@@H]2CCNC2)s1. The first-order valence-electron chi connectivity index (χ1n) is 5.97. The first-order chi connectivity index (χ1) is 8.74. The van der Waals surface area contributed by atoms with E-state index in [0.717, 1.165) is 30.8 Å². The van der Waals surface area contributed by atoms with Gasteiger partial charge in [0.15, 0.2) is 5.13 Å². The van der Waals surface area contributed by atoms with E-state index in [1.165, 1.54) is 17.0 Å². The summed E-state index contributed by atoms with van der Waals surface area (Å²) in [6.45, 7) is 2.00. The molecular weight excluding hydrogens is 249 g/mol. The largest absolute Gasteiger partial charge is 0.375 e. The molecule has 2 aromatic rings. The Labute approximate surface area is 109 Å². The molecule has 0 unspecified atom stereocenters. The number of rotatable bonds is 2. The summed E-state index contributed by atoms with van der Waals surface area (Å²) in [6, 6.07) is 6.44. The summed E-state index contributed by atoms with van der Waals surface area (Å²) in [4.78, 5) is 5.61. The van der Waals surface area contributed by atoms with Crippen molar-refractivity contribution in [2.24, 2.45) is 0 Å². The molecule has 0 radical (unpaired) electrons. The van der Waals surface area contributed by atoms with E-state index in [2.05, 4.69) is 10.3 Å². The van der Waals surface area contributed by atoms with Crippen LogP contribution < -0.4 is 11.1 Å². The number of benzene rings is 1. The van der Waals surface area contributed by atoms with Crippen molar-refractivity contribution in [1.29, 1.82) is 0 Å². The van der Waals surface area contributed by atoms with Gasteiger partial charge in [0, 0.05) is 22.9 Å². The number of aromatic nitrogens is 1. The molecule has 3 N–H and O–H groups in total. The molecule has 0 aliphatic carbocycles. The molecule has 1 aliphatic heterocycles. The zero-order valence-corrected chi connectivity index (χ0v) is 10.6. The van der Waals surface area contributed by atoms with Crippen LogP contribution >= 0.6 is 11.3 Å². The van der Waals surface area contributed by atoms with Crippen LogP contribution in [0.15, 0.2) is 24.3 Å². The second-order valence-electron chi connectivity index (χ2n) is 4.46. The Morgan fingerprint density at radius 1 is 1.33 bits per heavy atom. The van der Waals surface area contributed by atoms with Gasteiger partial charge in [-0.15, -0.1) is 11.3 Å². The lowest BCUT2D eigenvalue weighted by molar-refractivity contribution is 0.628. The minimum Gasteiger partial charge on any atom is -0.375 e. The van der Waals surface area contributed by atoms with Crippen LogP contribution in [0.25, 0.3) is 11.3 Å². The minimum absolute atomic E-state index is 0.231. The van der Waals surface area contributed by atoms with Crippen molar-refractivity contribution >= 4 is 16.5 Å². The number of thiazole rings is 1. The highest BCUT2D eigenvalue weighted by Gasteiger charge is 2.23. The van der Waals surface area contributed by atoms with Gasteiger partial charge < -0.3 is 11.1 Å². The second kappa shape index (κ2) is 4.66. The predicted octanol–water partition coefficient (Wildman–Crippen LogP) is 2.61. The van der Waals surface area contributed by atoms with Crippen molar-refractivity contribution in [3.63, 3.8) is 0 Å². The number of nitrogens with one attached hydrogen (secondary N) is 1. The zero-order chi connectivity index (χ0) is 12.5. The maximum absolute atomic E-state index is 13.0. The maximum Gasteiger partial charge on any atom is 0.180 e. The highest BCUT2D eigenvalue weighted by Crippen LogP contribution is 2.37. The zero-order valence-electron chi connectivity index (χ0n) is 9.82. The third-order valence-electron chi connectivity index (χ3n) is 3.22. The van der Waals surface area contributed by atoms with Gasteiger partial charge in [0.1, 0.15) is 5.82 Å². The standard InChI is InChI=1S/C13H14FN3S/c14-10-3-1-8(2-4-10)11-12(18-13(15)17-11)9-5-6-16-7-9/h1-4,9,16H,5-7H2,(H2,15,17)/t9-/m1/s1. The highest BCUT2D eigenvalue weighted by atomic mass is 32.1. The van der Waals surface area contributed by atoms with Crippen LogP contribution in [0.5, 0.6) is 0 Å². The molecule has 1 aromatic carbocycles. The van der Waals surface area contributed by atoms with Crippen molar-refractivity contribution in [3.05, 3.63) is 35.0 Å². The number of nitrogens with two attached hydrogens (primary N) is 1. The topological polar surface area (TPSA) is 50.9 Å². The van der Waals surface area contributed by atoms with Gasteiger partial charge in [0.2, 0.25) is 0 Å². The molecule has 0 saturated carbocycles. The molecule has 18 heavy (non-hydrogen) atoms. The molecule has 1 fully saturated rings. The van der Waals surface area contributed by atoms with Gasteiger partial charge in [0.05, 0.1) is 5.69 Å². The Morgan fingerprint density at radius 3 is 2.78 bits per heavy atom. The second-order valence-corrected chi connectivity index (χ2v) is 5.52. The van der Waals surface area contributed by atoms with Crippen molar-refractivity contribution in [3.8, 4) is 11.3 Å². The monoisotopic (exact) mass is 263 g/mol. The number of hydrogen-bond donors (Lipinski definition) is 2. The summed E-state index contributed by atoms with van der Waals surface area (Å²) in [5.74, 6) is 0.242. The van der Waals surface area contributed by atoms with Crippen LogP contribution in [0.1, 0.15) is 17.2 Å². The molecule has 0 bridgehead atoms. The quantitative estimate of drug-likeness (QED) is 0.875. The Morgan fingerprint density at radius 2 is 2.11 bits per heavy atom. The van der Waals surface area contributed by atoms with Gasteiger partial charge in [0.25, 0.3) is 0 Å². The van der Waals surface area contributed by atoms with Gasteiger partial charge >= 0.3 is 0 Å². The molecular formula is C13H14FN3S. The van der Waals surface area contributed by atoms with E-state index in [9.17, 15) is 4.39 Å². The molecule has 0 amide bonds. The first-order valence-corrected chi connectivity index (χ1v) is 6.78. The maximum atomic E-state index is 13.0. The van der Waals surface area contributed by atoms with Crippen LogP contribution in [0.4, 0.5) is 9.52 Å².